The highest BCUT2D eigenvalue weighted by Crippen LogP contribution is 2.29. The van der Waals surface area contributed by atoms with E-state index in [2.05, 4.69) is 27.5 Å². The smallest absolute Gasteiger partial charge is 0.228 e. The Labute approximate surface area is 135 Å². The molecule has 0 saturated carbocycles. The fourth-order valence-corrected chi connectivity index (χ4v) is 3.57. The molecule has 22 heavy (non-hydrogen) atoms. The van der Waals surface area contributed by atoms with Gasteiger partial charge in [0.2, 0.25) is 5.95 Å². The molecule has 0 saturated heterocycles. The summed E-state index contributed by atoms with van der Waals surface area (Å²) in [5, 5.41) is 8.80. The molecule has 0 atom stereocenters. The number of hydrogen-bond acceptors (Lipinski definition) is 6. The second-order valence-corrected chi connectivity index (χ2v) is 6.89. The first kappa shape index (κ1) is 13.4. The van der Waals surface area contributed by atoms with Gasteiger partial charge in [0, 0.05) is 20.2 Å². The van der Waals surface area contributed by atoms with E-state index >= 15 is 0 Å². The van der Waals surface area contributed by atoms with Gasteiger partial charge in [0.25, 0.3) is 0 Å². The molecule has 0 fully saturated rings. The van der Waals surface area contributed by atoms with Gasteiger partial charge in [0.05, 0.1) is 9.75 Å². The van der Waals surface area contributed by atoms with Gasteiger partial charge in [0.15, 0.2) is 11.5 Å². The van der Waals surface area contributed by atoms with Crippen molar-refractivity contribution in [1.82, 2.24) is 19.6 Å². The zero-order chi connectivity index (χ0) is 15.1. The predicted molar refractivity (Wildman–Crippen MR) is 91.7 cm³/mol. The summed E-state index contributed by atoms with van der Waals surface area (Å²) in [6, 6.07) is 10.2. The van der Waals surface area contributed by atoms with Crippen LogP contribution >= 0.6 is 22.7 Å². The molecule has 7 heteroatoms. The maximum atomic E-state index is 4.70. The van der Waals surface area contributed by atoms with Gasteiger partial charge in [0.1, 0.15) is 5.69 Å². The lowest BCUT2D eigenvalue weighted by Crippen LogP contribution is -2.14. The van der Waals surface area contributed by atoms with Crippen LogP contribution in [0.15, 0.2) is 41.1 Å². The van der Waals surface area contributed by atoms with Crippen molar-refractivity contribution in [2.45, 2.75) is 0 Å². The highest BCUT2D eigenvalue weighted by Gasteiger charge is 2.15. The number of nitrogens with zero attached hydrogens (tertiary/aromatic N) is 5. The summed E-state index contributed by atoms with van der Waals surface area (Å²) in [7, 11) is 3.89. The van der Waals surface area contributed by atoms with E-state index in [9.17, 15) is 0 Å². The van der Waals surface area contributed by atoms with Crippen LogP contribution in [0.3, 0.4) is 0 Å². The van der Waals surface area contributed by atoms with Gasteiger partial charge >= 0.3 is 0 Å². The minimum absolute atomic E-state index is 0.688. The monoisotopic (exact) mass is 327 g/mol. The van der Waals surface area contributed by atoms with Gasteiger partial charge in [-0.25, -0.2) is 0 Å². The second kappa shape index (κ2) is 5.19. The molecule has 0 aliphatic heterocycles. The Bertz CT molecular complexity index is 907. The van der Waals surface area contributed by atoms with Crippen molar-refractivity contribution >= 4 is 34.3 Å². The van der Waals surface area contributed by atoms with Crippen LogP contribution in [0.25, 0.3) is 26.9 Å². The van der Waals surface area contributed by atoms with Crippen molar-refractivity contribution in [2.24, 2.45) is 0 Å². The van der Waals surface area contributed by atoms with Crippen LogP contribution in [-0.4, -0.2) is 33.7 Å². The fourth-order valence-electron chi connectivity index (χ4n) is 2.19. The largest absolute Gasteiger partial charge is 0.347 e. The normalized spacial score (nSPS) is 11.2. The molecule has 0 unspecified atom stereocenters. The number of hydrogen-bond donors (Lipinski definition) is 0. The third-order valence-corrected chi connectivity index (χ3v) is 4.99. The van der Waals surface area contributed by atoms with Crippen LogP contribution < -0.4 is 4.90 Å². The lowest BCUT2D eigenvalue weighted by Gasteiger charge is -2.11. The van der Waals surface area contributed by atoms with E-state index in [4.69, 9.17) is 5.10 Å². The number of anilines is 1. The first-order valence-electron chi connectivity index (χ1n) is 6.75. The van der Waals surface area contributed by atoms with E-state index in [1.54, 1.807) is 22.7 Å². The number of fused-ring (bicyclic) bond motifs is 1. The van der Waals surface area contributed by atoms with E-state index in [1.165, 1.54) is 0 Å². The summed E-state index contributed by atoms with van der Waals surface area (Å²) in [6.45, 7) is 0. The summed E-state index contributed by atoms with van der Waals surface area (Å²) >= 11 is 3.32. The summed E-state index contributed by atoms with van der Waals surface area (Å²) in [5.74, 6) is 1.51. The molecule has 0 spiro atoms. The van der Waals surface area contributed by atoms with E-state index in [0.29, 0.717) is 5.95 Å². The van der Waals surface area contributed by atoms with E-state index in [0.717, 1.165) is 26.9 Å². The molecule has 0 radical (unpaired) electrons. The Kier molecular flexibility index (Phi) is 3.16. The number of aromatic nitrogens is 4. The van der Waals surface area contributed by atoms with Gasteiger partial charge in [-0.2, -0.15) is 19.6 Å². The number of rotatable bonds is 3. The minimum atomic E-state index is 0.688. The quantitative estimate of drug-likeness (QED) is 0.576. The van der Waals surface area contributed by atoms with Crippen LogP contribution in [-0.2, 0) is 0 Å². The van der Waals surface area contributed by atoms with Crippen LogP contribution in [0, 0.1) is 0 Å². The van der Waals surface area contributed by atoms with Gasteiger partial charge in [-0.1, -0.05) is 12.1 Å². The topological polar surface area (TPSA) is 46.3 Å². The Morgan fingerprint density at radius 2 is 1.73 bits per heavy atom. The molecule has 0 amide bonds. The standard InChI is InChI=1S/C15H13N5S2/c1-19(2)15-16-13-9-10(11-5-3-7-21-11)18-20(13)14(17-15)12-6-4-8-22-12/h3-9H,1-2H3. The highest BCUT2D eigenvalue weighted by atomic mass is 32.1. The predicted octanol–water partition coefficient (Wildman–Crippen LogP) is 3.65. The maximum Gasteiger partial charge on any atom is 0.228 e. The molecule has 0 N–H and O–H groups in total. The molecule has 4 rings (SSSR count). The van der Waals surface area contributed by atoms with Crippen LogP contribution in [0.5, 0.6) is 0 Å². The van der Waals surface area contributed by atoms with Crippen molar-refractivity contribution in [2.75, 3.05) is 19.0 Å². The Morgan fingerprint density at radius 1 is 1.00 bits per heavy atom. The molecular weight excluding hydrogens is 314 g/mol. The Hall–Kier alpha value is -2.25. The van der Waals surface area contributed by atoms with Crippen LogP contribution in [0.1, 0.15) is 0 Å². The molecular formula is C15H13N5S2. The summed E-state index contributed by atoms with van der Waals surface area (Å²) in [4.78, 5) is 13.4. The lowest BCUT2D eigenvalue weighted by atomic mass is 10.3. The van der Waals surface area contributed by atoms with Gasteiger partial charge in [-0.3, -0.25) is 0 Å². The zero-order valence-corrected chi connectivity index (χ0v) is 13.7. The van der Waals surface area contributed by atoms with Gasteiger partial charge < -0.3 is 4.90 Å². The molecule has 4 aromatic rings. The Balaban J connectivity index is 1.99. The molecule has 4 aromatic heterocycles. The minimum Gasteiger partial charge on any atom is -0.347 e. The molecule has 0 aliphatic rings. The van der Waals surface area contributed by atoms with Crippen molar-refractivity contribution in [3.05, 3.63) is 41.1 Å². The Morgan fingerprint density at radius 3 is 2.36 bits per heavy atom. The van der Waals surface area contributed by atoms with E-state index < -0.39 is 0 Å². The van der Waals surface area contributed by atoms with Crippen molar-refractivity contribution in [3.63, 3.8) is 0 Å². The molecule has 0 aromatic carbocycles. The second-order valence-electron chi connectivity index (χ2n) is 5.00. The van der Waals surface area contributed by atoms with Crippen LogP contribution in [0.2, 0.25) is 0 Å². The van der Waals surface area contributed by atoms with E-state index in [-0.39, 0.29) is 0 Å². The first-order valence-corrected chi connectivity index (χ1v) is 8.51. The fraction of sp³-hybridized carbons (Fsp3) is 0.133. The summed E-state index contributed by atoms with van der Waals surface area (Å²) in [5.41, 5.74) is 1.74. The SMILES string of the molecule is CN(C)c1nc(-c2cccs2)n2nc(-c3cccs3)cc2n1. The number of thiophene rings is 2. The maximum absolute atomic E-state index is 4.70. The van der Waals surface area contributed by atoms with Crippen molar-refractivity contribution in [1.29, 1.82) is 0 Å². The van der Waals surface area contributed by atoms with Gasteiger partial charge in [-0.15, -0.1) is 22.7 Å². The zero-order valence-electron chi connectivity index (χ0n) is 12.1. The average Bonchev–Trinajstić information content (AvgIpc) is 3.25. The van der Waals surface area contributed by atoms with Crippen molar-refractivity contribution < 1.29 is 0 Å². The third kappa shape index (κ3) is 2.18. The summed E-state index contributed by atoms with van der Waals surface area (Å²) < 4.78 is 1.83. The summed E-state index contributed by atoms with van der Waals surface area (Å²) in [6.07, 6.45) is 0. The molecule has 0 bridgehead atoms. The molecule has 110 valence electrons. The first-order chi connectivity index (χ1) is 10.7. The molecule has 5 nitrogen and oxygen atoms in total. The average molecular weight is 327 g/mol. The van der Waals surface area contributed by atoms with Gasteiger partial charge in [-0.05, 0) is 22.9 Å². The van der Waals surface area contributed by atoms with Crippen LogP contribution in [0.4, 0.5) is 5.95 Å². The molecule has 0 aliphatic carbocycles. The molecule has 4 heterocycles. The third-order valence-electron chi connectivity index (χ3n) is 3.23. The van der Waals surface area contributed by atoms with E-state index in [1.807, 2.05) is 47.1 Å². The lowest BCUT2D eigenvalue weighted by molar-refractivity contribution is 0.889. The van der Waals surface area contributed by atoms with Crippen molar-refractivity contribution in [3.8, 4) is 21.3 Å². The highest BCUT2D eigenvalue weighted by molar-refractivity contribution is 7.13.